The molecule has 2 aromatic heterocycles. The lowest BCUT2D eigenvalue weighted by Gasteiger charge is -2.43. The molecule has 0 radical (unpaired) electrons. The van der Waals surface area contributed by atoms with Crippen molar-refractivity contribution in [2.24, 2.45) is 0 Å². The minimum Gasteiger partial charge on any atom is -0.308 e. The molecule has 3 heterocycles. The fourth-order valence-corrected chi connectivity index (χ4v) is 5.28. The molecular formula is C29H43Cl2N5. The maximum absolute atomic E-state index is 4.88. The van der Waals surface area contributed by atoms with E-state index in [0.717, 1.165) is 48.7 Å². The molecule has 5 nitrogen and oxygen atoms in total. The summed E-state index contributed by atoms with van der Waals surface area (Å²) in [7, 11) is 0. The summed E-state index contributed by atoms with van der Waals surface area (Å²) < 4.78 is 2.28. The molecule has 7 heteroatoms. The number of halogens is 2. The second-order valence-corrected chi connectivity index (χ2v) is 10.0. The Morgan fingerprint density at radius 1 is 1.03 bits per heavy atom. The Kier molecular flexibility index (Phi) is 11.4. The molecule has 1 saturated heterocycles. The van der Waals surface area contributed by atoms with Gasteiger partial charge in [-0.05, 0) is 56.9 Å². The molecule has 0 spiro atoms. The van der Waals surface area contributed by atoms with Gasteiger partial charge in [-0.25, -0.2) is 9.97 Å². The van der Waals surface area contributed by atoms with Gasteiger partial charge in [-0.2, -0.15) is 0 Å². The van der Waals surface area contributed by atoms with Crippen LogP contribution in [0.3, 0.4) is 0 Å². The zero-order valence-corrected chi connectivity index (χ0v) is 24.3. The van der Waals surface area contributed by atoms with Gasteiger partial charge in [0.25, 0.3) is 0 Å². The molecule has 3 aromatic rings. The number of hydrogen-bond donors (Lipinski definition) is 0. The van der Waals surface area contributed by atoms with Gasteiger partial charge in [0.2, 0.25) is 0 Å². The molecule has 0 aliphatic carbocycles. The maximum atomic E-state index is 4.88. The first-order valence-corrected chi connectivity index (χ1v) is 13.0. The van der Waals surface area contributed by atoms with Crippen LogP contribution in [0.5, 0.6) is 0 Å². The molecule has 1 unspecified atom stereocenters. The lowest BCUT2D eigenvalue weighted by atomic mass is 10.1. The highest BCUT2D eigenvalue weighted by molar-refractivity contribution is 5.85. The highest BCUT2D eigenvalue weighted by atomic mass is 35.5. The average molecular weight is 533 g/mol. The van der Waals surface area contributed by atoms with Crippen LogP contribution in [0.1, 0.15) is 62.3 Å². The number of nitrogens with zero attached hydrogens (tertiary/aromatic N) is 5. The third-order valence-electron chi connectivity index (χ3n) is 7.16. The van der Waals surface area contributed by atoms with Gasteiger partial charge < -0.3 is 4.57 Å². The topological polar surface area (TPSA) is 37.2 Å². The molecule has 1 aliphatic rings. The molecule has 1 atom stereocenters. The van der Waals surface area contributed by atoms with E-state index in [1.54, 1.807) is 0 Å². The van der Waals surface area contributed by atoms with E-state index in [0.29, 0.717) is 12.1 Å². The fraction of sp³-hybridized carbons (Fsp3) is 0.517. The van der Waals surface area contributed by atoms with Gasteiger partial charge in [0, 0.05) is 50.4 Å². The second kappa shape index (κ2) is 13.6. The van der Waals surface area contributed by atoms with Crippen molar-refractivity contribution < 1.29 is 0 Å². The molecule has 1 aliphatic heterocycles. The number of benzene rings is 1. The SMILES string of the molecule is CCc1nc2c(C)cc(C)nc2n1Cc1ccc(C=CCN2CCN(C(C)C)C(CC)C2)cc1.Cl.Cl. The third-order valence-corrected chi connectivity index (χ3v) is 7.16. The van der Waals surface area contributed by atoms with Gasteiger partial charge in [-0.15, -0.1) is 24.8 Å². The normalized spacial score (nSPS) is 17.0. The van der Waals surface area contributed by atoms with Crippen molar-refractivity contribution in [3.05, 3.63) is 64.6 Å². The van der Waals surface area contributed by atoms with Crippen LogP contribution in [-0.2, 0) is 13.0 Å². The average Bonchev–Trinajstić information content (AvgIpc) is 3.17. The van der Waals surface area contributed by atoms with Crippen molar-refractivity contribution in [3.63, 3.8) is 0 Å². The van der Waals surface area contributed by atoms with E-state index in [-0.39, 0.29) is 24.8 Å². The van der Waals surface area contributed by atoms with Gasteiger partial charge >= 0.3 is 0 Å². The molecule has 1 fully saturated rings. The minimum absolute atomic E-state index is 0. The number of hydrogen-bond acceptors (Lipinski definition) is 4. The zero-order valence-electron chi connectivity index (χ0n) is 22.7. The first-order valence-electron chi connectivity index (χ1n) is 13.0. The van der Waals surface area contributed by atoms with E-state index in [9.17, 15) is 0 Å². The summed E-state index contributed by atoms with van der Waals surface area (Å²) in [6, 6.07) is 12.4. The van der Waals surface area contributed by atoms with Crippen molar-refractivity contribution in [2.75, 3.05) is 26.2 Å². The van der Waals surface area contributed by atoms with Crippen molar-refractivity contribution in [1.82, 2.24) is 24.3 Å². The first-order chi connectivity index (χ1) is 16.4. The summed E-state index contributed by atoms with van der Waals surface area (Å²) in [4.78, 5) is 14.9. The monoisotopic (exact) mass is 531 g/mol. The summed E-state index contributed by atoms with van der Waals surface area (Å²) in [5.41, 5.74) is 6.82. The van der Waals surface area contributed by atoms with Gasteiger partial charge in [-0.3, -0.25) is 9.80 Å². The largest absolute Gasteiger partial charge is 0.308 e. The maximum Gasteiger partial charge on any atom is 0.160 e. The highest BCUT2D eigenvalue weighted by Gasteiger charge is 2.26. The van der Waals surface area contributed by atoms with Gasteiger partial charge in [0.05, 0.1) is 6.54 Å². The molecule has 0 bridgehead atoms. The lowest BCUT2D eigenvalue weighted by molar-refractivity contribution is 0.0553. The second-order valence-electron chi connectivity index (χ2n) is 10.0. The van der Waals surface area contributed by atoms with Gasteiger partial charge in [-0.1, -0.05) is 50.3 Å². The highest BCUT2D eigenvalue weighted by Crippen LogP contribution is 2.21. The number of imidazole rings is 1. The van der Waals surface area contributed by atoms with Crippen LogP contribution in [0.25, 0.3) is 17.2 Å². The Hall–Kier alpha value is -1.92. The van der Waals surface area contributed by atoms with Gasteiger partial charge in [0.1, 0.15) is 11.3 Å². The van der Waals surface area contributed by atoms with Crippen LogP contribution >= 0.6 is 24.8 Å². The smallest absolute Gasteiger partial charge is 0.160 e. The van der Waals surface area contributed by atoms with Crippen LogP contribution in [-0.4, -0.2) is 62.6 Å². The van der Waals surface area contributed by atoms with E-state index in [4.69, 9.17) is 9.97 Å². The quantitative estimate of drug-likeness (QED) is 0.340. The first kappa shape index (κ1) is 30.3. The van der Waals surface area contributed by atoms with Crippen molar-refractivity contribution >= 4 is 42.1 Å². The summed E-state index contributed by atoms with van der Waals surface area (Å²) in [6.07, 6.45) is 6.71. The van der Waals surface area contributed by atoms with E-state index < -0.39 is 0 Å². The molecular weight excluding hydrogens is 489 g/mol. The van der Waals surface area contributed by atoms with E-state index >= 15 is 0 Å². The Morgan fingerprint density at radius 3 is 2.39 bits per heavy atom. The molecule has 198 valence electrons. The number of piperazine rings is 1. The standard InChI is InChI=1S/C29H41N5.2ClH/c1-7-26-20-32(16-17-33(26)21(3)4)15-9-10-24-11-13-25(14-12-24)19-34-27(8-2)31-28-22(5)18-23(6)30-29(28)34;;/h9-14,18,21,26H,7-8,15-17,19-20H2,1-6H3;2*1H. The van der Waals surface area contributed by atoms with E-state index in [1.807, 2.05) is 0 Å². The van der Waals surface area contributed by atoms with Crippen molar-refractivity contribution in [3.8, 4) is 0 Å². The number of fused-ring (bicyclic) bond motifs is 1. The third kappa shape index (κ3) is 6.89. The van der Waals surface area contributed by atoms with E-state index in [1.165, 1.54) is 36.2 Å². The van der Waals surface area contributed by atoms with Crippen LogP contribution < -0.4 is 0 Å². The predicted molar refractivity (Wildman–Crippen MR) is 158 cm³/mol. The van der Waals surface area contributed by atoms with E-state index in [2.05, 4.69) is 98.4 Å². The summed E-state index contributed by atoms with van der Waals surface area (Å²) >= 11 is 0. The zero-order chi connectivity index (χ0) is 24.2. The molecule has 0 saturated carbocycles. The summed E-state index contributed by atoms with van der Waals surface area (Å²) in [6.45, 7) is 18.6. The minimum atomic E-state index is 0. The fourth-order valence-electron chi connectivity index (χ4n) is 5.28. The lowest BCUT2D eigenvalue weighted by Crippen LogP contribution is -2.55. The Balaban J connectivity index is 0.00000228. The van der Waals surface area contributed by atoms with Crippen molar-refractivity contribution in [2.45, 2.75) is 73.0 Å². The molecule has 36 heavy (non-hydrogen) atoms. The number of pyridine rings is 1. The Morgan fingerprint density at radius 2 is 1.75 bits per heavy atom. The summed E-state index contributed by atoms with van der Waals surface area (Å²) in [5.74, 6) is 1.10. The van der Waals surface area contributed by atoms with Crippen molar-refractivity contribution in [1.29, 1.82) is 0 Å². The molecule has 0 N–H and O–H groups in total. The van der Waals surface area contributed by atoms with Crippen LogP contribution in [0.15, 0.2) is 36.4 Å². The molecule has 1 aromatic carbocycles. The number of aromatic nitrogens is 3. The summed E-state index contributed by atoms with van der Waals surface area (Å²) in [5, 5.41) is 0. The number of aryl methyl sites for hydroxylation is 3. The Labute approximate surface area is 229 Å². The molecule has 0 amide bonds. The Bertz CT molecular complexity index is 1140. The number of rotatable bonds is 8. The predicted octanol–water partition coefficient (Wildman–Crippen LogP) is 6.32. The van der Waals surface area contributed by atoms with Crippen LogP contribution in [0.2, 0.25) is 0 Å². The van der Waals surface area contributed by atoms with Crippen LogP contribution in [0.4, 0.5) is 0 Å². The van der Waals surface area contributed by atoms with Gasteiger partial charge in [0.15, 0.2) is 5.65 Å². The van der Waals surface area contributed by atoms with Crippen LogP contribution in [0, 0.1) is 13.8 Å². The molecule has 4 rings (SSSR count).